The minimum Gasteiger partial charge on any atom is -0.383 e. The predicted molar refractivity (Wildman–Crippen MR) is 69.3 cm³/mol. The molecule has 1 aliphatic carbocycles. The first-order valence-electron chi connectivity index (χ1n) is 5.87. The molecule has 0 bridgehead atoms. The highest BCUT2D eigenvalue weighted by Gasteiger charge is 2.30. The maximum atomic E-state index is 13.1. The van der Waals surface area contributed by atoms with Crippen molar-refractivity contribution in [1.82, 2.24) is 5.32 Å². The molecule has 2 nitrogen and oxygen atoms in total. The third-order valence-corrected chi connectivity index (χ3v) is 3.87. The van der Waals surface area contributed by atoms with E-state index in [4.69, 9.17) is 4.74 Å². The lowest BCUT2D eigenvalue weighted by molar-refractivity contribution is 0.157. The second-order valence-electron chi connectivity index (χ2n) is 4.52. The highest BCUT2D eigenvalue weighted by Crippen LogP contribution is 2.33. The zero-order chi connectivity index (χ0) is 12.3. The molecule has 1 fully saturated rings. The van der Waals surface area contributed by atoms with Gasteiger partial charge in [-0.1, -0.05) is 15.9 Å². The van der Waals surface area contributed by atoms with E-state index < -0.39 is 0 Å². The Hall–Kier alpha value is -0.450. The van der Waals surface area contributed by atoms with Gasteiger partial charge in [0, 0.05) is 24.2 Å². The zero-order valence-electron chi connectivity index (χ0n) is 9.88. The number of rotatable bonds is 6. The molecule has 2 rings (SSSR count). The minimum absolute atomic E-state index is 0.195. The Kier molecular flexibility index (Phi) is 4.54. The summed E-state index contributed by atoms with van der Waals surface area (Å²) < 4.78 is 19.3. The van der Waals surface area contributed by atoms with Crippen LogP contribution >= 0.6 is 15.9 Å². The summed E-state index contributed by atoms with van der Waals surface area (Å²) in [6, 6.07) is 5.15. The fourth-order valence-electron chi connectivity index (χ4n) is 1.96. The molecule has 0 amide bonds. The second-order valence-corrected chi connectivity index (χ2v) is 5.37. The number of methoxy groups -OCH3 is 1. The van der Waals surface area contributed by atoms with Crippen molar-refractivity contribution in [3.8, 4) is 0 Å². The van der Waals surface area contributed by atoms with Crippen molar-refractivity contribution in [3.05, 3.63) is 34.1 Å². The average Bonchev–Trinajstić information content (AvgIpc) is 3.12. The summed E-state index contributed by atoms with van der Waals surface area (Å²) in [7, 11) is 1.72. The second kappa shape index (κ2) is 5.94. The number of nitrogens with one attached hydrogen (secondary N) is 1. The molecule has 0 spiro atoms. The van der Waals surface area contributed by atoms with Gasteiger partial charge in [-0.05, 0) is 42.5 Å². The SMILES string of the molecule is COCC(NCc1cc(F)ccc1Br)C1CC1. The summed E-state index contributed by atoms with van der Waals surface area (Å²) in [6.45, 7) is 1.39. The van der Waals surface area contributed by atoms with Gasteiger partial charge in [0.05, 0.1) is 6.61 Å². The Balaban J connectivity index is 1.93. The summed E-state index contributed by atoms with van der Waals surface area (Å²) in [5.74, 6) is 0.530. The summed E-state index contributed by atoms with van der Waals surface area (Å²) >= 11 is 3.43. The predicted octanol–water partition coefficient (Wildman–Crippen LogP) is 3.10. The zero-order valence-corrected chi connectivity index (χ0v) is 11.5. The van der Waals surface area contributed by atoms with Crippen LogP contribution in [0, 0.1) is 11.7 Å². The van der Waals surface area contributed by atoms with Crippen molar-refractivity contribution in [2.45, 2.75) is 25.4 Å². The van der Waals surface area contributed by atoms with Crippen LogP contribution in [0.1, 0.15) is 18.4 Å². The number of ether oxygens (including phenoxy) is 1. The van der Waals surface area contributed by atoms with Gasteiger partial charge in [-0.3, -0.25) is 0 Å². The molecule has 0 aromatic heterocycles. The van der Waals surface area contributed by atoms with Crippen LogP contribution in [0.25, 0.3) is 0 Å². The molecule has 1 aromatic carbocycles. The quantitative estimate of drug-likeness (QED) is 0.872. The van der Waals surface area contributed by atoms with Crippen LogP contribution in [0.15, 0.2) is 22.7 Å². The fourth-order valence-corrected chi connectivity index (χ4v) is 2.35. The lowest BCUT2D eigenvalue weighted by Gasteiger charge is -2.17. The molecular formula is C13H17BrFNO. The molecule has 1 aliphatic rings. The highest BCUT2D eigenvalue weighted by atomic mass is 79.9. The van der Waals surface area contributed by atoms with Crippen LogP contribution in [0.3, 0.4) is 0 Å². The molecule has 0 radical (unpaired) electrons. The molecule has 1 saturated carbocycles. The van der Waals surface area contributed by atoms with Crippen LogP contribution < -0.4 is 5.32 Å². The van der Waals surface area contributed by atoms with Gasteiger partial charge in [-0.15, -0.1) is 0 Å². The van der Waals surface area contributed by atoms with E-state index >= 15 is 0 Å². The van der Waals surface area contributed by atoms with Crippen LogP contribution in [-0.4, -0.2) is 19.8 Å². The molecule has 4 heteroatoms. The summed E-state index contributed by atoms with van der Waals surface area (Å²) in [4.78, 5) is 0. The first-order chi connectivity index (χ1) is 8.20. The normalized spacial score (nSPS) is 17.1. The van der Waals surface area contributed by atoms with E-state index in [-0.39, 0.29) is 5.82 Å². The van der Waals surface area contributed by atoms with Gasteiger partial charge in [0.1, 0.15) is 5.82 Å². The Bertz CT molecular complexity index is 382. The molecule has 0 saturated heterocycles. The highest BCUT2D eigenvalue weighted by molar-refractivity contribution is 9.10. The first kappa shape index (κ1) is 13.0. The number of halogens is 2. The van der Waals surface area contributed by atoms with E-state index in [0.717, 1.165) is 22.6 Å². The summed E-state index contributed by atoms with van der Waals surface area (Å²) in [5, 5.41) is 3.45. The molecule has 1 unspecified atom stereocenters. The topological polar surface area (TPSA) is 21.3 Å². The van der Waals surface area contributed by atoms with Gasteiger partial charge in [0.2, 0.25) is 0 Å². The van der Waals surface area contributed by atoms with Gasteiger partial charge in [0.15, 0.2) is 0 Å². The van der Waals surface area contributed by atoms with E-state index in [1.807, 2.05) is 0 Å². The number of hydrogen-bond donors (Lipinski definition) is 1. The third kappa shape index (κ3) is 3.76. The van der Waals surface area contributed by atoms with Crippen molar-refractivity contribution in [2.75, 3.05) is 13.7 Å². The summed E-state index contributed by atoms with van der Waals surface area (Å²) in [6.07, 6.45) is 2.54. The van der Waals surface area contributed by atoms with E-state index in [9.17, 15) is 4.39 Å². The van der Waals surface area contributed by atoms with Crippen molar-refractivity contribution in [3.63, 3.8) is 0 Å². The Morgan fingerprint density at radius 1 is 1.53 bits per heavy atom. The molecule has 1 N–H and O–H groups in total. The van der Waals surface area contributed by atoms with E-state index in [2.05, 4.69) is 21.2 Å². The van der Waals surface area contributed by atoms with Gasteiger partial charge in [-0.25, -0.2) is 4.39 Å². The Morgan fingerprint density at radius 2 is 2.29 bits per heavy atom. The van der Waals surface area contributed by atoms with Crippen molar-refractivity contribution in [2.24, 2.45) is 5.92 Å². The molecule has 17 heavy (non-hydrogen) atoms. The monoisotopic (exact) mass is 301 g/mol. The van der Waals surface area contributed by atoms with Crippen LogP contribution in [0.5, 0.6) is 0 Å². The molecule has 0 aliphatic heterocycles. The Labute approximate surface area is 110 Å². The average molecular weight is 302 g/mol. The third-order valence-electron chi connectivity index (χ3n) is 3.10. The largest absolute Gasteiger partial charge is 0.383 e. The first-order valence-corrected chi connectivity index (χ1v) is 6.66. The lowest BCUT2D eigenvalue weighted by Crippen LogP contribution is -2.34. The number of hydrogen-bond acceptors (Lipinski definition) is 2. The van der Waals surface area contributed by atoms with Gasteiger partial charge >= 0.3 is 0 Å². The van der Waals surface area contributed by atoms with Crippen molar-refractivity contribution in [1.29, 1.82) is 0 Å². The Morgan fingerprint density at radius 3 is 2.94 bits per heavy atom. The lowest BCUT2D eigenvalue weighted by atomic mass is 10.1. The van der Waals surface area contributed by atoms with Gasteiger partial charge in [-0.2, -0.15) is 0 Å². The van der Waals surface area contributed by atoms with Gasteiger partial charge in [0.25, 0.3) is 0 Å². The number of benzene rings is 1. The van der Waals surface area contributed by atoms with Crippen LogP contribution in [-0.2, 0) is 11.3 Å². The maximum Gasteiger partial charge on any atom is 0.123 e. The van der Waals surface area contributed by atoms with E-state index in [1.54, 1.807) is 19.2 Å². The van der Waals surface area contributed by atoms with Crippen LogP contribution in [0.2, 0.25) is 0 Å². The standard InChI is InChI=1S/C13H17BrFNO/c1-17-8-13(9-2-3-9)16-7-10-6-11(15)4-5-12(10)14/h4-6,9,13,16H,2-3,7-8H2,1H3. The van der Waals surface area contributed by atoms with E-state index in [0.29, 0.717) is 12.6 Å². The van der Waals surface area contributed by atoms with E-state index in [1.165, 1.54) is 18.9 Å². The van der Waals surface area contributed by atoms with Crippen LogP contribution in [0.4, 0.5) is 4.39 Å². The maximum absolute atomic E-state index is 13.1. The van der Waals surface area contributed by atoms with Crippen molar-refractivity contribution < 1.29 is 9.13 Å². The molecular weight excluding hydrogens is 285 g/mol. The van der Waals surface area contributed by atoms with Gasteiger partial charge < -0.3 is 10.1 Å². The molecule has 0 heterocycles. The molecule has 1 aromatic rings. The van der Waals surface area contributed by atoms with Crippen molar-refractivity contribution >= 4 is 15.9 Å². The minimum atomic E-state index is -0.195. The summed E-state index contributed by atoms with van der Waals surface area (Å²) in [5.41, 5.74) is 0.951. The fraction of sp³-hybridized carbons (Fsp3) is 0.538. The molecule has 1 atom stereocenters. The smallest absolute Gasteiger partial charge is 0.123 e. The molecule has 94 valence electrons.